The molecule has 1 saturated heterocycles. The van der Waals surface area contributed by atoms with Crippen molar-refractivity contribution in [3.63, 3.8) is 0 Å². The molecule has 92 valence electrons. The van der Waals surface area contributed by atoms with Gasteiger partial charge in [-0.25, -0.2) is 9.99 Å². The number of hydrogen-bond donors (Lipinski definition) is 2. The molecule has 0 saturated carbocycles. The van der Waals surface area contributed by atoms with Gasteiger partial charge < -0.3 is 11.2 Å². The minimum atomic E-state index is 0.398. The number of hydrogen-bond acceptors (Lipinski definition) is 4. The van der Waals surface area contributed by atoms with Gasteiger partial charge in [-0.2, -0.15) is 0 Å². The zero-order valence-electron chi connectivity index (χ0n) is 10.1. The van der Waals surface area contributed by atoms with E-state index in [4.69, 9.17) is 18.0 Å². The van der Waals surface area contributed by atoms with E-state index < -0.39 is 0 Å². The van der Waals surface area contributed by atoms with Crippen molar-refractivity contribution in [3.05, 3.63) is 23.4 Å². The third kappa shape index (κ3) is 2.92. The van der Waals surface area contributed by atoms with Crippen molar-refractivity contribution in [3.8, 4) is 0 Å². The highest BCUT2D eigenvalue weighted by Gasteiger charge is 2.14. The standard InChI is InChI=1S/C12H18N4S/c1-9-5-6-14-12(10(9)11(13)17)15-16-7-3-2-4-8-16/h5-6H,2-4,7-8H2,1H3,(H2,13,17)(H,14,15). The Bertz CT molecular complexity index is 413. The SMILES string of the molecule is Cc1ccnc(NN2CCCCC2)c1C(N)=S. The molecule has 0 amide bonds. The Morgan fingerprint density at radius 2 is 2.12 bits per heavy atom. The number of aromatic nitrogens is 1. The number of pyridine rings is 1. The highest BCUT2D eigenvalue weighted by atomic mass is 32.1. The van der Waals surface area contributed by atoms with Crippen molar-refractivity contribution in [2.24, 2.45) is 5.73 Å². The van der Waals surface area contributed by atoms with Crippen LogP contribution >= 0.6 is 12.2 Å². The molecule has 0 spiro atoms. The van der Waals surface area contributed by atoms with E-state index in [1.54, 1.807) is 6.20 Å². The molecule has 1 aromatic heterocycles. The molecule has 0 unspecified atom stereocenters. The van der Waals surface area contributed by atoms with E-state index in [1.807, 2.05) is 13.0 Å². The van der Waals surface area contributed by atoms with Gasteiger partial charge in [-0.15, -0.1) is 0 Å². The first kappa shape index (κ1) is 12.3. The van der Waals surface area contributed by atoms with E-state index in [1.165, 1.54) is 19.3 Å². The lowest BCUT2D eigenvalue weighted by atomic mass is 10.1. The van der Waals surface area contributed by atoms with E-state index in [2.05, 4.69) is 15.4 Å². The molecular formula is C12H18N4S. The first-order valence-electron chi connectivity index (χ1n) is 5.95. The van der Waals surface area contributed by atoms with Crippen LogP contribution in [-0.4, -0.2) is 28.1 Å². The lowest BCUT2D eigenvalue weighted by Crippen LogP contribution is -2.36. The smallest absolute Gasteiger partial charge is 0.150 e. The van der Waals surface area contributed by atoms with Crippen LogP contribution in [-0.2, 0) is 0 Å². The number of nitrogens with two attached hydrogens (primary N) is 1. The molecular weight excluding hydrogens is 232 g/mol. The third-order valence-electron chi connectivity index (χ3n) is 3.03. The summed E-state index contributed by atoms with van der Waals surface area (Å²) >= 11 is 5.08. The van der Waals surface area contributed by atoms with Gasteiger partial charge in [-0.3, -0.25) is 0 Å². The maximum absolute atomic E-state index is 5.75. The average Bonchev–Trinajstić information content (AvgIpc) is 2.30. The molecule has 1 aliphatic heterocycles. The number of nitrogens with one attached hydrogen (secondary N) is 1. The molecule has 17 heavy (non-hydrogen) atoms. The van der Waals surface area contributed by atoms with Crippen LogP contribution in [0.3, 0.4) is 0 Å². The van der Waals surface area contributed by atoms with Crippen LogP contribution < -0.4 is 11.2 Å². The third-order valence-corrected chi connectivity index (χ3v) is 3.23. The Hall–Kier alpha value is -1.20. The fourth-order valence-corrected chi connectivity index (χ4v) is 2.37. The van der Waals surface area contributed by atoms with Crippen LogP contribution in [0.4, 0.5) is 5.82 Å². The van der Waals surface area contributed by atoms with Gasteiger partial charge in [0.15, 0.2) is 5.82 Å². The van der Waals surface area contributed by atoms with Crippen molar-refractivity contribution >= 4 is 23.0 Å². The van der Waals surface area contributed by atoms with E-state index in [0.717, 1.165) is 30.0 Å². The van der Waals surface area contributed by atoms with E-state index in [9.17, 15) is 0 Å². The molecule has 1 aromatic rings. The molecule has 0 aromatic carbocycles. The van der Waals surface area contributed by atoms with Crippen LogP contribution in [0.5, 0.6) is 0 Å². The van der Waals surface area contributed by atoms with Gasteiger partial charge in [0, 0.05) is 19.3 Å². The molecule has 0 bridgehead atoms. The quantitative estimate of drug-likeness (QED) is 0.802. The Balaban J connectivity index is 2.19. The number of aryl methyl sites for hydroxylation is 1. The van der Waals surface area contributed by atoms with Crippen LogP contribution in [0.25, 0.3) is 0 Å². The topological polar surface area (TPSA) is 54.2 Å². The predicted octanol–water partition coefficient (Wildman–Crippen LogP) is 1.84. The predicted molar refractivity (Wildman–Crippen MR) is 73.9 cm³/mol. The van der Waals surface area contributed by atoms with Gasteiger partial charge in [-0.1, -0.05) is 18.6 Å². The van der Waals surface area contributed by atoms with Crippen LogP contribution in [0, 0.1) is 6.92 Å². The van der Waals surface area contributed by atoms with Gasteiger partial charge in [-0.05, 0) is 31.4 Å². The first-order valence-corrected chi connectivity index (χ1v) is 6.36. The number of anilines is 1. The van der Waals surface area contributed by atoms with Gasteiger partial charge in [0.25, 0.3) is 0 Å². The summed E-state index contributed by atoms with van der Waals surface area (Å²) in [5, 5.41) is 2.19. The fourth-order valence-electron chi connectivity index (χ4n) is 2.11. The molecule has 5 heteroatoms. The number of thiocarbonyl (C=S) groups is 1. The second-order valence-electron chi connectivity index (χ2n) is 4.38. The fraction of sp³-hybridized carbons (Fsp3) is 0.500. The van der Waals surface area contributed by atoms with Crippen LogP contribution in [0.15, 0.2) is 12.3 Å². The normalized spacial score (nSPS) is 16.8. The average molecular weight is 250 g/mol. The summed E-state index contributed by atoms with van der Waals surface area (Å²) in [4.78, 5) is 4.73. The van der Waals surface area contributed by atoms with Crippen molar-refractivity contribution in [2.75, 3.05) is 18.5 Å². The number of nitrogens with zero attached hydrogens (tertiary/aromatic N) is 2. The lowest BCUT2D eigenvalue weighted by molar-refractivity contribution is 0.272. The van der Waals surface area contributed by atoms with Gasteiger partial charge in [0.1, 0.15) is 4.99 Å². The molecule has 0 atom stereocenters. The van der Waals surface area contributed by atoms with Crippen LogP contribution in [0.2, 0.25) is 0 Å². The zero-order chi connectivity index (χ0) is 12.3. The summed E-state index contributed by atoms with van der Waals surface area (Å²) in [6.45, 7) is 4.09. The highest BCUT2D eigenvalue weighted by Crippen LogP contribution is 2.18. The van der Waals surface area contributed by atoms with E-state index >= 15 is 0 Å². The maximum atomic E-state index is 5.75. The summed E-state index contributed by atoms with van der Waals surface area (Å²) in [6.07, 6.45) is 5.54. The largest absolute Gasteiger partial charge is 0.389 e. The minimum Gasteiger partial charge on any atom is -0.389 e. The number of rotatable bonds is 3. The maximum Gasteiger partial charge on any atom is 0.150 e. The van der Waals surface area contributed by atoms with Crippen molar-refractivity contribution < 1.29 is 0 Å². The summed E-state index contributed by atoms with van der Waals surface area (Å²) in [7, 11) is 0. The molecule has 1 fully saturated rings. The molecule has 0 radical (unpaired) electrons. The van der Waals surface area contributed by atoms with E-state index in [-0.39, 0.29) is 0 Å². The molecule has 1 aliphatic rings. The van der Waals surface area contributed by atoms with Gasteiger partial charge in [0.05, 0.1) is 5.56 Å². The molecule has 2 rings (SSSR count). The van der Waals surface area contributed by atoms with E-state index in [0.29, 0.717) is 4.99 Å². The summed E-state index contributed by atoms with van der Waals surface area (Å²) in [5.41, 5.74) is 11.0. The summed E-state index contributed by atoms with van der Waals surface area (Å²) < 4.78 is 0. The van der Waals surface area contributed by atoms with Gasteiger partial charge in [0.2, 0.25) is 0 Å². The highest BCUT2D eigenvalue weighted by molar-refractivity contribution is 7.80. The van der Waals surface area contributed by atoms with Crippen LogP contribution in [0.1, 0.15) is 30.4 Å². The summed E-state index contributed by atoms with van der Waals surface area (Å²) in [6, 6.07) is 1.93. The Kier molecular flexibility index (Phi) is 3.91. The lowest BCUT2D eigenvalue weighted by Gasteiger charge is -2.28. The first-order chi connectivity index (χ1) is 8.18. The zero-order valence-corrected chi connectivity index (χ0v) is 10.9. The summed E-state index contributed by atoms with van der Waals surface area (Å²) in [5.74, 6) is 0.777. The Morgan fingerprint density at radius 1 is 1.41 bits per heavy atom. The number of hydrazine groups is 1. The molecule has 4 nitrogen and oxygen atoms in total. The second kappa shape index (κ2) is 5.42. The molecule has 3 N–H and O–H groups in total. The molecule has 2 heterocycles. The van der Waals surface area contributed by atoms with Crippen molar-refractivity contribution in [1.82, 2.24) is 9.99 Å². The second-order valence-corrected chi connectivity index (χ2v) is 4.82. The number of piperidine rings is 1. The van der Waals surface area contributed by atoms with Gasteiger partial charge >= 0.3 is 0 Å². The monoisotopic (exact) mass is 250 g/mol. The minimum absolute atomic E-state index is 0.398. The Morgan fingerprint density at radius 3 is 2.76 bits per heavy atom. The Labute approximate surface area is 107 Å². The molecule has 0 aliphatic carbocycles. The van der Waals surface area contributed by atoms with Crippen molar-refractivity contribution in [1.29, 1.82) is 0 Å². The van der Waals surface area contributed by atoms with Crippen molar-refractivity contribution in [2.45, 2.75) is 26.2 Å².